The van der Waals surface area contributed by atoms with Crippen molar-refractivity contribution < 1.29 is 10.0 Å². The zero-order valence-corrected chi connectivity index (χ0v) is 9.14. The van der Waals surface area contributed by atoms with Crippen LogP contribution in [0.4, 0.5) is 5.69 Å². The molecule has 1 N–H and O–H groups in total. The zero-order valence-electron chi connectivity index (χ0n) is 8.32. The number of thioether (sulfide) groups is 1. The van der Waals surface area contributed by atoms with Crippen LogP contribution >= 0.6 is 11.8 Å². The van der Waals surface area contributed by atoms with Gasteiger partial charge in [0.1, 0.15) is 12.4 Å². The molecule has 15 heavy (non-hydrogen) atoms. The summed E-state index contributed by atoms with van der Waals surface area (Å²) >= 11 is 1.28. The second-order valence-corrected chi connectivity index (χ2v) is 4.39. The Morgan fingerprint density at radius 3 is 2.40 bits per heavy atom. The van der Waals surface area contributed by atoms with E-state index in [-0.39, 0.29) is 10.9 Å². The quantitative estimate of drug-likeness (QED) is 0.361. The summed E-state index contributed by atoms with van der Waals surface area (Å²) in [6, 6.07) is 0. The Kier molecular flexibility index (Phi) is 3.98. The molecule has 0 aromatic carbocycles. The van der Waals surface area contributed by atoms with Gasteiger partial charge in [0.2, 0.25) is 0 Å². The molecule has 1 aromatic rings. The van der Waals surface area contributed by atoms with E-state index in [0.717, 1.165) is 12.4 Å². The van der Waals surface area contributed by atoms with E-state index in [9.17, 15) is 15.2 Å². The SMILES string of the molecule is CC(O)C(C)Sc1ncc([N+](=O)[O-])cn1. The van der Waals surface area contributed by atoms with E-state index < -0.39 is 11.0 Å². The second kappa shape index (κ2) is 5.04. The van der Waals surface area contributed by atoms with Gasteiger partial charge in [-0.15, -0.1) is 0 Å². The van der Waals surface area contributed by atoms with Gasteiger partial charge in [-0.1, -0.05) is 18.7 Å². The number of hydrogen-bond acceptors (Lipinski definition) is 6. The fourth-order valence-corrected chi connectivity index (χ4v) is 1.49. The van der Waals surface area contributed by atoms with Gasteiger partial charge in [0.05, 0.1) is 11.0 Å². The number of aliphatic hydroxyl groups excluding tert-OH is 1. The number of nitro groups is 1. The van der Waals surface area contributed by atoms with Crippen LogP contribution in [0.5, 0.6) is 0 Å². The standard InChI is InChI=1S/C8H11N3O3S/c1-5(12)6(2)15-8-9-3-7(4-10-8)11(13)14/h3-6,12H,1-2H3. The van der Waals surface area contributed by atoms with Gasteiger partial charge < -0.3 is 5.11 Å². The second-order valence-electron chi connectivity index (χ2n) is 3.04. The molecule has 0 aliphatic rings. The highest BCUT2D eigenvalue weighted by atomic mass is 32.2. The molecule has 7 heteroatoms. The maximum Gasteiger partial charge on any atom is 0.305 e. The maximum atomic E-state index is 10.3. The van der Waals surface area contributed by atoms with Gasteiger partial charge in [0, 0.05) is 5.25 Å². The van der Waals surface area contributed by atoms with Crippen LogP contribution in [0.2, 0.25) is 0 Å². The van der Waals surface area contributed by atoms with Crippen LogP contribution in [0.15, 0.2) is 17.6 Å². The molecule has 82 valence electrons. The summed E-state index contributed by atoms with van der Waals surface area (Å²) in [6.45, 7) is 3.50. The largest absolute Gasteiger partial charge is 0.392 e. The summed E-state index contributed by atoms with van der Waals surface area (Å²) in [5.74, 6) is 0. The van der Waals surface area contributed by atoms with Crippen molar-refractivity contribution in [2.45, 2.75) is 30.4 Å². The minimum atomic E-state index is -0.549. The van der Waals surface area contributed by atoms with Crippen LogP contribution in [-0.4, -0.2) is 31.4 Å². The number of rotatable bonds is 4. The highest BCUT2D eigenvalue weighted by molar-refractivity contribution is 7.99. The Bertz CT molecular complexity index is 341. The molecular formula is C8H11N3O3S. The lowest BCUT2D eigenvalue weighted by atomic mass is 10.3. The van der Waals surface area contributed by atoms with Gasteiger partial charge in [0.25, 0.3) is 0 Å². The van der Waals surface area contributed by atoms with E-state index in [4.69, 9.17) is 0 Å². The summed E-state index contributed by atoms with van der Waals surface area (Å²) in [5, 5.41) is 19.9. The number of aromatic nitrogens is 2. The van der Waals surface area contributed by atoms with Crippen molar-refractivity contribution in [3.63, 3.8) is 0 Å². The first kappa shape index (κ1) is 11.9. The van der Waals surface area contributed by atoms with Crippen LogP contribution < -0.4 is 0 Å². The number of hydrogen-bond donors (Lipinski definition) is 1. The predicted molar refractivity (Wildman–Crippen MR) is 55.7 cm³/mol. The smallest absolute Gasteiger partial charge is 0.305 e. The maximum absolute atomic E-state index is 10.3. The Labute approximate surface area is 90.9 Å². The molecule has 1 rings (SSSR count). The van der Waals surface area contributed by atoms with Gasteiger partial charge in [0.15, 0.2) is 5.16 Å². The molecule has 0 spiro atoms. The van der Waals surface area contributed by atoms with Gasteiger partial charge >= 0.3 is 5.69 Å². The number of aliphatic hydroxyl groups is 1. The zero-order chi connectivity index (χ0) is 11.4. The normalized spacial score (nSPS) is 14.6. The number of nitrogens with zero attached hydrogens (tertiary/aromatic N) is 3. The lowest BCUT2D eigenvalue weighted by Crippen LogP contribution is -2.15. The van der Waals surface area contributed by atoms with E-state index in [2.05, 4.69) is 9.97 Å². The lowest BCUT2D eigenvalue weighted by molar-refractivity contribution is -0.385. The molecule has 1 heterocycles. The van der Waals surface area contributed by atoms with Gasteiger partial charge in [-0.3, -0.25) is 10.1 Å². The van der Waals surface area contributed by atoms with Crippen LogP contribution in [-0.2, 0) is 0 Å². The summed E-state index contributed by atoms with van der Waals surface area (Å²) in [5.41, 5.74) is -0.135. The van der Waals surface area contributed by atoms with E-state index >= 15 is 0 Å². The Balaban J connectivity index is 2.68. The Hall–Kier alpha value is -1.21. The van der Waals surface area contributed by atoms with Crippen molar-refractivity contribution in [2.24, 2.45) is 0 Å². The first-order chi connectivity index (χ1) is 7.00. The van der Waals surface area contributed by atoms with E-state index in [1.807, 2.05) is 6.92 Å². The summed E-state index contributed by atoms with van der Waals surface area (Å²) < 4.78 is 0. The van der Waals surface area contributed by atoms with Crippen molar-refractivity contribution in [3.8, 4) is 0 Å². The van der Waals surface area contributed by atoms with Crippen molar-refractivity contribution in [3.05, 3.63) is 22.5 Å². The molecule has 0 aliphatic carbocycles. The topological polar surface area (TPSA) is 89.2 Å². The van der Waals surface area contributed by atoms with E-state index in [1.54, 1.807) is 6.92 Å². The van der Waals surface area contributed by atoms with E-state index in [0.29, 0.717) is 5.16 Å². The minimum absolute atomic E-state index is 0.0496. The molecular weight excluding hydrogens is 218 g/mol. The average Bonchev–Trinajstić information content (AvgIpc) is 2.18. The summed E-state index contributed by atoms with van der Waals surface area (Å²) in [4.78, 5) is 17.4. The van der Waals surface area contributed by atoms with Crippen molar-refractivity contribution in [1.82, 2.24) is 9.97 Å². The predicted octanol–water partition coefficient (Wildman–Crippen LogP) is 1.25. The van der Waals surface area contributed by atoms with E-state index in [1.165, 1.54) is 11.8 Å². The fourth-order valence-electron chi connectivity index (χ4n) is 0.729. The molecule has 0 saturated carbocycles. The van der Waals surface area contributed by atoms with Crippen LogP contribution in [0.25, 0.3) is 0 Å². The summed E-state index contributed by atoms with van der Waals surface area (Å²) in [7, 11) is 0. The van der Waals surface area contributed by atoms with Crippen LogP contribution in [0, 0.1) is 10.1 Å². The molecule has 0 aliphatic heterocycles. The average molecular weight is 229 g/mol. The monoisotopic (exact) mass is 229 g/mol. The molecule has 0 bridgehead atoms. The Morgan fingerprint density at radius 2 is 2.00 bits per heavy atom. The highest BCUT2D eigenvalue weighted by Gasteiger charge is 2.13. The van der Waals surface area contributed by atoms with Crippen molar-refractivity contribution in [1.29, 1.82) is 0 Å². The molecule has 0 amide bonds. The molecule has 0 saturated heterocycles. The third kappa shape index (κ3) is 3.45. The molecule has 1 aromatic heterocycles. The molecule has 2 atom stereocenters. The first-order valence-corrected chi connectivity index (χ1v) is 5.20. The highest BCUT2D eigenvalue weighted by Crippen LogP contribution is 2.22. The van der Waals surface area contributed by atoms with Crippen LogP contribution in [0.1, 0.15) is 13.8 Å². The van der Waals surface area contributed by atoms with Crippen molar-refractivity contribution >= 4 is 17.4 Å². The molecule has 0 fully saturated rings. The first-order valence-electron chi connectivity index (χ1n) is 4.32. The van der Waals surface area contributed by atoms with Crippen LogP contribution in [0.3, 0.4) is 0 Å². The van der Waals surface area contributed by atoms with Gasteiger partial charge in [-0.2, -0.15) is 0 Å². The van der Waals surface area contributed by atoms with Gasteiger partial charge in [-0.25, -0.2) is 9.97 Å². The minimum Gasteiger partial charge on any atom is -0.392 e. The molecule has 6 nitrogen and oxygen atoms in total. The fraction of sp³-hybridized carbons (Fsp3) is 0.500. The molecule has 0 radical (unpaired) electrons. The summed E-state index contributed by atoms with van der Waals surface area (Å²) in [6.07, 6.45) is 1.84. The lowest BCUT2D eigenvalue weighted by Gasteiger charge is -2.11. The third-order valence-corrected chi connectivity index (χ3v) is 2.98. The van der Waals surface area contributed by atoms with Crippen molar-refractivity contribution in [2.75, 3.05) is 0 Å². The van der Waals surface area contributed by atoms with Gasteiger partial charge in [-0.05, 0) is 6.92 Å². The Morgan fingerprint density at radius 1 is 1.47 bits per heavy atom. The third-order valence-electron chi connectivity index (χ3n) is 1.80. The molecule has 2 unspecified atom stereocenters.